The second-order valence-electron chi connectivity index (χ2n) is 8.10. The molecular weight excluding hydrogens is 462 g/mol. The zero-order valence-electron chi connectivity index (χ0n) is 18.0. The van der Waals surface area contributed by atoms with E-state index in [-0.39, 0.29) is 11.3 Å². The predicted octanol–water partition coefficient (Wildman–Crippen LogP) is 7.82. The highest BCUT2D eigenvalue weighted by atomic mass is 79.9. The van der Waals surface area contributed by atoms with Crippen LogP contribution in [-0.4, -0.2) is 5.91 Å². The molecule has 32 heavy (non-hydrogen) atoms. The first-order valence-electron chi connectivity index (χ1n) is 10.4. The van der Waals surface area contributed by atoms with Crippen molar-refractivity contribution in [2.24, 2.45) is 0 Å². The van der Waals surface area contributed by atoms with Crippen LogP contribution >= 0.6 is 15.9 Å². The number of ether oxygens (including phenoxy) is 1. The molecule has 4 aromatic carbocycles. The second-order valence-corrected chi connectivity index (χ2v) is 9.02. The van der Waals surface area contributed by atoms with Crippen molar-refractivity contribution in [1.82, 2.24) is 0 Å². The number of carbonyl (C=O) groups excluding carboxylic acids is 1. The minimum atomic E-state index is -0.150. The van der Waals surface area contributed by atoms with Crippen LogP contribution < -0.4 is 10.1 Å². The van der Waals surface area contributed by atoms with Gasteiger partial charge < -0.3 is 10.1 Å². The summed E-state index contributed by atoms with van der Waals surface area (Å²) in [5.74, 6) is 1.33. The minimum Gasteiger partial charge on any atom is -0.457 e. The number of hydrogen-bond acceptors (Lipinski definition) is 2. The predicted molar refractivity (Wildman–Crippen MR) is 134 cm³/mol. The number of benzene rings is 4. The largest absolute Gasteiger partial charge is 0.457 e. The number of hydrogen-bond donors (Lipinski definition) is 1. The maximum absolute atomic E-state index is 12.4. The van der Waals surface area contributed by atoms with Gasteiger partial charge in [-0.05, 0) is 71.8 Å². The number of nitrogens with one attached hydrogen (secondary N) is 1. The molecule has 0 heterocycles. The molecule has 4 aromatic rings. The van der Waals surface area contributed by atoms with Gasteiger partial charge in [0.15, 0.2) is 0 Å². The van der Waals surface area contributed by atoms with Gasteiger partial charge in [0.1, 0.15) is 11.5 Å². The van der Waals surface area contributed by atoms with Crippen molar-refractivity contribution in [2.45, 2.75) is 19.3 Å². The lowest BCUT2D eigenvalue weighted by molar-refractivity contribution is 0.102. The van der Waals surface area contributed by atoms with E-state index in [0.29, 0.717) is 17.0 Å². The Bertz CT molecular complexity index is 1180. The first-order chi connectivity index (χ1) is 15.4. The van der Waals surface area contributed by atoms with Crippen LogP contribution in [-0.2, 0) is 5.41 Å². The third-order valence-electron chi connectivity index (χ3n) is 5.53. The standard InChI is InChI=1S/C28H24BrNO2/c1-28(2,21-6-4-3-5-7-21)22-10-16-25(17-11-22)32-26-18-14-24(15-19-26)30-27(31)20-8-12-23(29)13-9-20/h3-19H,1-2H3,(H,30,31). The number of amides is 1. The Hall–Kier alpha value is -3.37. The monoisotopic (exact) mass is 485 g/mol. The van der Waals surface area contributed by atoms with Gasteiger partial charge in [-0.1, -0.05) is 72.2 Å². The normalized spacial score (nSPS) is 11.1. The summed E-state index contributed by atoms with van der Waals surface area (Å²) in [6.07, 6.45) is 0. The molecule has 1 amide bonds. The molecule has 4 heteroatoms. The Morgan fingerprint density at radius 1 is 0.719 bits per heavy atom. The summed E-state index contributed by atoms with van der Waals surface area (Å²) in [5.41, 5.74) is 3.72. The molecule has 0 unspecified atom stereocenters. The number of carbonyl (C=O) groups is 1. The van der Waals surface area contributed by atoms with Crippen LogP contribution in [0.5, 0.6) is 11.5 Å². The van der Waals surface area contributed by atoms with Crippen LogP contribution in [0.4, 0.5) is 5.69 Å². The van der Waals surface area contributed by atoms with E-state index in [1.807, 2.05) is 54.6 Å². The van der Waals surface area contributed by atoms with Crippen molar-refractivity contribution >= 4 is 27.5 Å². The lowest BCUT2D eigenvalue weighted by Gasteiger charge is -2.26. The van der Waals surface area contributed by atoms with Gasteiger partial charge in [-0.3, -0.25) is 4.79 Å². The Labute approximate surface area is 197 Å². The first kappa shape index (κ1) is 21.8. The fourth-order valence-electron chi connectivity index (χ4n) is 3.51. The van der Waals surface area contributed by atoms with Crippen LogP contribution in [0.2, 0.25) is 0 Å². The highest BCUT2D eigenvalue weighted by molar-refractivity contribution is 9.10. The topological polar surface area (TPSA) is 38.3 Å². The highest BCUT2D eigenvalue weighted by Crippen LogP contribution is 2.33. The fourth-order valence-corrected chi connectivity index (χ4v) is 3.77. The Morgan fingerprint density at radius 2 is 1.25 bits per heavy atom. The van der Waals surface area contributed by atoms with Gasteiger partial charge in [0.05, 0.1) is 0 Å². The third-order valence-corrected chi connectivity index (χ3v) is 6.05. The van der Waals surface area contributed by atoms with E-state index < -0.39 is 0 Å². The van der Waals surface area contributed by atoms with Crippen molar-refractivity contribution in [3.8, 4) is 11.5 Å². The molecule has 1 N–H and O–H groups in total. The quantitative estimate of drug-likeness (QED) is 0.302. The van der Waals surface area contributed by atoms with E-state index in [2.05, 4.69) is 71.5 Å². The maximum Gasteiger partial charge on any atom is 0.255 e. The zero-order chi connectivity index (χ0) is 22.6. The molecule has 0 aliphatic heterocycles. The molecule has 0 fully saturated rings. The van der Waals surface area contributed by atoms with E-state index in [0.717, 1.165) is 10.2 Å². The number of anilines is 1. The summed E-state index contributed by atoms with van der Waals surface area (Å²) in [6, 6.07) is 33.3. The van der Waals surface area contributed by atoms with E-state index in [9.17, 15) is 4.79 Å². The zero-order valence-corrected chi connectivity index (χ0v) is 19.6. The summed E-state index contributed by atoms with van der Waals surface area (Å²) in [7, 11) is 0. The summed E-state index contributed by atoms with van der Waals surface area (Å²) in [5, 5.41) is 2.90. The van der Waals surface area contributed by atoms with Gasteiger partial charge in [-0.15, -0.1) is 0 Å². The Morgan fingerprint density at radius 3 is 1.84 bits per heavy atom. The lowest BCUT2D eigenvalue weighted by Crippen LogP contribution is -2.18. The van der Waals surface area contributed by atoms with E-state index in [1.54, 1.807) is 12.1 Å². The Balaban J connectivity index is 1.40. The van der Waals surface area contributed by atoms with Gasteiger partial charge in [-0.2, -0.15) is 0 Å². The summed E-state index contributed by atoms with van der Waals surface area (Å²) >= 11 is 3.37. The molecule has 0 radical (unpaired) electrons. The van der Waals surface area contributed by atoms with Crippen LogP contribution in [0.25, 0.3) is 0 Å². The first-order valence-corrected chi connectivity index (χ1v) is 11.2. The SMILES string of the molecule is CC(C)(c1ccccc1)c1ccc(Oc2ccc(NC(=O)c3ccc(Br)cc3)cc2)cc1. The number of rotatable bonds is 6. The second kappa shape index (κ2) is 9.41. The Kier molecular flexibility index (Phi) is 6.42. The minimum absolute atomic E-state index is 0.0888. The molecule has 0 saturated heterocycles. The fraction of sp³-hybridized carbons (Fsp3) is 0.107. The van der Waals surface area contributed by atoms with Crippen molar-refractivity contribution in [3.63, 3.8) is 0 Å². The molecule has 0 spiro atoms. The van der Waals surface area contributed by atoms with Crippen LogP contribution in [0.1, 0.15) is 35.3 Å². The molecule has 0 aromatic heterocycles. The molecular formula is C28H24BrNO2. The molecule has 0 saturated carbocycles. The van der Waals surface area contributed by atoms with Crippen molar-refractivity contribution in [2.75, 3.05) is 5.32 Å². The molecule has 3 nitrogen and oxygen atoms in total. The molecule has 0 aliphatic rings. The summed E-state index contributed by atoms with van der Waals surface area (Å²) in [6.45, 7) is 4.44. The molecule has 4 rings (SSSR count). The third kappa shape index (κ3) is 5.09. The van der Waals surface area contributed by atoms with Gasteiger partial charge in [0.2, 0.25) is 0 Å². The van der Waals surface area contributed by atoms with E-state index in [1.165, 1.54) is 11.1 Å². The molecule has 0 atom stereocenters. The van der Waals surface area contributed by atoms with Gasteiger partial charge in [0, 0.05) is 21.1 Å². The van der Waals surface area contributed by atoms with Gasteiger partial charge in [-0.25, -0.2) is 0 Å². The average Bonchev–Trinajstić information content (AvgIpc) is 2.82. The van der Waals surface area contributed by atoms with E-state index in [4.69, 9.17) is 4.74 Å². The summed E-state index contributed by atoms with van der Waals surface area (Å²) in [4.78, 5) is 12.4. The number of halogens is 1. The van der Waals surface area contributed by atoms with Crippen molar-refractivity contribution in [1.29, 1.82) is 0 Å². The molecule has 0 bridgehead atoms. The summed E-state index contributed by atoms with van der Waals surface area (Å²) < 4.78 is 6.93. The molecule has 160 valence electrons. The van der Waals surface area contributed by atoms with E-state index >= 15 is 0 Å². The maximum atomic E-state index is 12.4. The highest BCUT2D eigenvalue weighted by Gasteiger charge is 2.22. The van der Waals surface area contributed by atoms with Crippen molar-refractivity contribution in [3.05, 3.63) is 124 Å². The van der Waals surface area contributed by atoms with Gasteiger partial charge >= 0.3 is 0 Å². The van der Waals surface area contributed by atoms with Gasteiger partial charge in [0.25, 0.3) is 5.91 Å². The van der Waals surface area contributed by atoms with Crippen molar-refractivity contribution < 1.29 is 9.53 Å². The smallest absolute Gasteiger partial charge is 0.255 e. The van der Waals surface area contributed by atoms with Crippen LogP contribution in [0.3, 0.4) is 0 Å². The van der Waals surface area contributed by atoms with Crippen LogP contribution in [0.15, 0.2) is 108 Å². The lowest BCUT2D eigenvalue weighted by atomic mass is 9.78. The van der Waals surface area contributed by atoms with Crippen LogP contribution in [0, 0.1) is 0 Å². The molecule has 0 aliphatic carbocycles. The average molecular weight is 486 g/mol.